The number of hydrogen-bond donors (Lipinski definition) is 4. The molecule has 30 heavy (non-hydrogen) atoms. The standard InChI is InChI=1S/C21H32N6O2.HI/c1-6-22-21(25-14(2)13-18-15(3)26-27(5)16(18)4)24-12-11-23-20(29)17-9-7-8-10-19(17)28;/h7-10,14,28H,6,11-13H2,1-5H3,(H,23,29)(H2,22,24,25);1H. The van der Waals surface area contributed by atoms with E-state index in [1.807, 2.05) is 25.6 Å². The molecule has 8 nitrogen and oxygen atoms in total. The van der Waals surface area contributed by atoms with Gasteiger partial charge in [-0.25, -0.2) is 0 Å². The van der Waals surface area contributed by atoms with Gasteiger partial charge in [0, 0.05) is 31.9 Å². The van der Waals surface area contributed by atoms with Gasteiger partial charge in [0.15, 0.2) is 5.96 Å². The van der Waals surface area contributed by atoms with Crippen LogP contribution in [0.1, 0.15) is 41.2 Å². The van der Waals surface area contributed by atoms with Crippen LogP contribution < -0.4 is 16.0 Å². The highest BCUT2D eigenvalue weighted by Gasteiger charge is 2.14. The summed E-state index contributed by atoms with van der Waals surface area (Å²) >= 11 is 0. The van der Waals surface area contributed by atoms with E-state index in [0.29, 0.717) is 19.0 Å². The van der Waals surface area contributed by atoms with Gasteiger partial charge in [-0.15, -0.1) is 24.0 Å². The van der Waals surface area contributed by atoms with Gasteiger partial charge in [-0.05, 0) is 51.8 Å². The SMILES string of the molecule is CCNC(=NCCNC(=O)c1ccccc1O)NC(C)Cc1c(C)nn(C)c1C.I. The van der Waals surface area contributed by atoms with Crippen LogP contribution in [0.4, 0.5) is 0 Å². The van der Waals surface area contributed by atoms with Crippen LogP contribution in [0.5, 0.6) is 5.75 Å². The van der Waals surface area contributed by atoms with E-state index in [2.05, 4.69) is 39.9 Å². The topological polar surface area (TPSA) is 104 Å². The minimum absolute atomic E-state index is 0. The number of aliphatic imine (C=N–C) groups is 1. The molecule has 4 N–H and O–H groups in total. The van der Waals surface area contributed by atoms with Crippen LogP contribution in [0.25, 0.3) is 0 Å². The number of guanidine groups is 1. The monoisotopic (exact) mass is 528 g/mol. The first-order valence-corrected chi connectivity index (χ1v) is 9.93. The number of carbonyl (C=O) groups is 1. The summed E-state index contributed by atoms with van der Waals surface area (Å²) in [6.07, 6.45) is 0.847. The molecule has 1 aromatic carbocycles. The maximum absolute atomic E-state index is 12.1. The summed E-state index contributed by atoms with van der Waals surface area (Å²) in [5.41, 5.74) is 3.73. The quantitative estimate of drug-likeness (QED) is 0.182. The molecule has 1 amide bonds. The fraction of sp³-hybridized carbons (Fsp3) is 0.476. The van der Waals surface area contributed by atoms with Crippen molar-refractivity contribution in [2.45, 2.75) is 40.2 Å². The van der Waals surface area contributed by atoms with Crippen molar-refractivity contribution in [1.82, 2.24) is 25.7 Å². The van der Waals surface area contributed by atoms with Crippen LogP contribution in [-0.2, 0) is 13.5 Å². The average molecular weight is 528 g/mol. The predicted octanol–water partition coefficient (Wildman–Crippen LogP) is 2.28. The largest absolute Gasteiger partial charge is 0.507 e. The Kier molecular flexibility index (Phi) is 10.6. The van der Waals surface area contributed by atoms with E-state index in [4.69, 9.17) is 0 Å². The number of carbonyl (C=O) groups excluding carboxylic acids is 1. The van der Waals surface area contributed by atoms with Crippen LogP contribution in [-0.4, -0.2) is 52.4 Å². The van der Waals surface area contributed by atoms with E-state index in [-0.39, 0.29) is 47.2 Å². The highest BCUT2D eigenvalue weighted by Crippen LogP contribution is 2.15. The number of halogens is 1. The zero-order valence-electron chi connectivity index (χ0n) is 18.3. The highest BCUT2D eigenvalue weighted by molar-refractivity contribution is 14.0. The first-order valence-electron chi connectivity index (χ1n) is 9.93. The molecule has 0 radical (unpaired) electrons. The van der Waals surface area contributed by atoms with Gasteiger partial charge in [0.05, 0.1) is 17.8 Å². The second-order valence-corrected chi connectivity index (χ2v) is 7.06. The summed E-state index contributed by atoms with van der Waals surface area (Å²) in [5, 5.41) is 23.6. The van der Waals surface area contributed by atoms with Crippen molar-refractivity contribution in [2.75, 3.05) is 19.6 Å². The normalized spacial score (nSPS) is 12.1. The molecule has 1 heterocycles. The number of aromatic nitrogens is 2. The number of hydrogen-bond acceptors (Lipinski definition) is 4. The zero-order valence-corrected chi connectivity index (χ0v) is 20.7. The number of para-hydroxylation sites is 1. The number of rotatable bonds is 8. The third kappa shape index (κ3) is 7.19. The zero-order chi connectivity index (χ0) is 21.4. The third-order valence-electron chi connectivity index (χ3n) is 4.71. The molecule has 9 heteroatoms. The molecule has 1 aromatic heterocycles. The number of nitrogens with zero attached hydrogens (tertiary/aromatic N) is 3. The van der Waals surface area contributed by atoms with Crippen molar-refractivity contribution in [3.8, 4) is 5.75 Å². The lowest BCUT2D eigenvalue weighted by molar-refractivity contribution is 0.0952. The van der Waals surface area contributed by atoms with Gasteiger partial charge in [0.1, 0.15) is 5.75 Å². The minimum Gasteiger partial charge on any atom is -0.507 e. The molecule has 0 aliphatic rings. The molecule has 1 atom stereocenters. The van der Waals surface area contributed by atoms with Crippen LogP contribution >= 0.6 is 24.0 Å². The number of nitrogens with one attached hydrogen (secondary N) is 3. The van der Waals surface area contributed by atoms with Crippen molar-refractivity contribution in [2.24, 2.45) is 12.0 Å². The van der Waals surface area contributed by atoms with Crippen LogP contribution in [0.2, 0.25) is 0 Å². The predicted molar refractivity (Wildman–Crippen MR) is 131 cm³/mol. The number of phenolic OH excluding ortho intramolecular Hbond substituents is 1. The number of benzene rings is 1. The molecule has 0 saturated heterocycles. The van der Waals surface area contributed by atoms with E-state index in [1.165, 1.54) is 17.3 Å². The van der Waals surface area contributed by atoms with Crippen molar-refractivity contribution < 1.29 is 9.90 Å². The van der Waals surface area contributed by atoms with Crippen LogP contribution in [0.15, 0.2) is 29.3 Å². The summed E-state index contributed by atoms with van der Waals surface area (Å²) in [7, 11) is 1.96. The lowest BCUT2D eigenvalue weighted by Gasteiger charge is -2.18. The van der Waals surface area contributed by atoms with Crippen molar-refractivity contribution in [3.63, 3.8) is 0 Å². The van der Waals surface area contributed by atoms with Gasteiger partial charge in [-0.1, -0.05) is 12.1 Å². The Morgan fingerprint density at radius 3 is 2.57 bits per heavy atom. The first kappa shape index (κ1) is 25.7. The highest BCUT2D eigenvalue weighted by atomic mass is 127. The molecular formula is C21H33IN6O2. The average Bonchev–Trinajstić information content (AvgIpc) is 2.91. The molecule has 1 unspecified atom stereocenters. The Morgan fingerprint density at radius 1 is 1.27 bits per heavy atom. The summed E-state index contributed by atoms with van der Waals surface area (Å²) in [6, 6.07) is 6.65. The van der Waals surface area contributed by atoms with Crippen molar-refractivity contribution >= 4 is 35.8 Å². The molecule has 0 fully saturated rings. The Labute approximate surface area is 195 Å². The van der Waals surface area contributed by atoms with E-state index in [0.717, 1.165) is 18.7 Å². The lowest BCUT2D eigenvalue weighted by Crippen LogP contribution is -2.43. The number of amides is 1. The van der Waals surface area contributed by atoms with Crippen molar-refractivity contribution in [3.05, 3.63) is 46.8 Å². The Morgan fingerprint density at radius 2 is 1.97 bits per heavy atom. The fourth-order valence-electron chi connectivity index (χ4n) is 3.12. The van der Waals surface area contributed by atoms with Gasteiger partial charge in [0.2, 0.25) is 0 Å². The van der Waals surface area contributed by atoms with E-state index in [1.54, 1.807) is 18.2 Å². The molecule has 0 aliphatic carbocycles. The van der Waals surface area contributed by atoms with Crippen LogP contribution in [0.3, 0.4) is 0 Å². The summed E-state index contributed by atoms with van der Waals surface area (Å²) in [4.78, 5) is 16.7. The minimum atomic E-state index is -0.313. The summed E-state index contributed by atoms with van der Waals surface area (Å²) < 4.78 is 1.91. The lowest BCUT2D eigenvalue weighted by atomic mass is 10.1. The van der Waals surface area contributed by atoms with E-state index < -0.39 is 0 Å². The molecule has 0 aliphatic heterocycles. The molecule has 0 saturated carbocycles. The molecule has 2 aromatic rings. The van der Waals surface area contributed by atoms with Crippen LogP contribution in [0, 0.1) is 13.8 Å². The van der Waals surface area contributed by atoms with Gasteiger partial charge < -0.3 is 21.1 Å². The third-order valence-corrected chi connectivity index (χ3v) is 4.71. The maximum Gasteiger partial charge on any atom is 0.255 e. The maximum atomic E-state index is 12.1. The number of aromatic hydroxyl groups is 1. The number of aryl methyl sites for hydroxylation is 2. The van der Waals surface area contributed by atoms with Crippen molar-refractivity contribution in [1.29, 1.82) is 0 Å². The van der Waals surface area contributed by atoms with Gasteiger partial charge in [-0.3, -0.25) is 14.5 Å². The van der Waals surface area contributed by atoms with E-state index in [9.17, 15) is 9.90 Å². The fourth-order valence-corrected chi connectivity index (χ4v) is 3.12. The smallest absolute Gasteiger partial charge is 0.255 e. The summed E-state index contributed by atoms with van der Waals surface area (Å²) in [5.74, 6) is 0.362. The summed E-state index contributed by atoms with van der Waals surface area (Å²) in [6.45, 7) is 9.77. The Bertz CT molecular complexity index is 865. The molecule has 0 bridgehead atoms. The van der Waals surface area contributed by atoms with Gasteiger partial charge in [0.25, 0.3) is 5.91 Å². The Balaban J connectivity index is 0.00000450. The second-order valence-electron chi connectivity index (χ2n) is 7.06. The second kappa shape index (κ2) is 12.4. The molecule has 0 spiro atoms. The molecule has 166 valence electrons. The van der Waals surface area contributed by atoms with E-state index >= 15 is 0 Å². The molecular weight excluding hydrogens is 495 g/mol. The van der Waals surface area contributed by atoms with Gasteiger partial charge in [-0.2, -0.15) is 5.10 Å². The first-order chi connectivity index (χ1) is 13.8. The number of phenols is 1. The Hall–Kier alpha value is -2.30. The molecule has 2 rings (SSSR count). The van der Waals surface area contributed by atoms with Gasteiger partial charge >= 0.3 is 0 Å².